The van der Waals surface area contributed by atoms with E-state index in [-0.39, 0.29) is 5.91 Å². The van der Waals surface area contributed by atoms with E-state index in [0.717, 1.165) is 23.7 Å². The Morgan fingerprint density at radius 3 is 2.53 bits per heavy atom. The van der Waals surface area contributed by atoms with Crippen LogP contribution in [0.25, 0.3) is 0 Å². The predicted molar refractivity (Wildman–Crippen MR) is 70.2 cm³/mol. The average molecular weight is 232 g/mol. The maximum Gasteiger partial charge on any atom is 0.251 e. The van der Waals surface area contributed by atoms with Gasteiger partial charge in [-0.05, 0) is 48.9 Å². The molecule has 1 aromatic rings. The third-order valence-electron chi connectivity index (χ3n) is 3.45. The van der Waals surface area contributed by atoms with Crippen LogP contribution in [-0.2, 0) is 0 Å². The Bertz CT molecular complexity index is 382. The van der Waals surface area contributed by atoms with Crippen LogP contribution in [0, 0.1) is 11.8 Å². The average Bonchev–Trinajstić information content (AvgIpc) is 3.20. The molecule has 3 heteroatoms. The molecule has 1 saturated carbocycles. The molecule has 0 aliphatic heterocycles. The molecule has 0 bridgehead atoms. The van der Waals surface area contributed by atoms with Crippen molar-refractivity contribution in [1.29, 1.82) is 0 Å². The first kappa shape index (κ1) is 12.0. The van der Waals surface area contributed by atoms with Crippen molar-refractivity contribution in [3.8, 4) is 0 Å². The van der Waals surface area contributed by atoms with Gasteiger partial charge in [-0.1, -0.05) is 6.92 Å². The summed E-state index contributed by atoms with van der Waals surface area (Å²) in [4.78, 5) is 11.9. The summed E-state index contributed by atoms with van der Waals surface area (Å²) in [7, 11) is 1.87. The zero-order chi connectivity index (χ0) is 12.3. The minimum Gasteiger partial charge on any atom is -0.388 e. The molecule has 2 N–H and O–H groups in total. The SMILES string of the molecule is CNc1ccc(C(=O)NCC(C)C2CC2)cc1. The van der Waals surface area contributed by atoms with E-state index < -0.39 is 0 Å². The monoisotopic (exact) mass is 232 g/mol. The fourth-order valence-corrected chi connectivity index (χ4v) is 1.98. The van der Waals surface area contributed by atoms with Gasteiger partial charge in [0.05, 0.1) is 0 Å². The van der Waals surface area contributed by atoms with Gasteiger partial charge in [-0.15, -0.1) is 0 Å². The molecule has 3 nitrogen and oxygen atoms in total. The first-order chi connectivity index (χ1) is 8.20. The molecular formula is C14H20N2O. The van der Waals surface area contributed by atoms with Gasteiger partial charge in [-0.25, -0.2) is 0 Å². The maximum atomic E-state index is 11.9. The van der Waals surface area contributed by atoms with E-state index in [4.69, 9.17) is 0 Å². The molecule has 17 heavy (non-hydrogen) atoms. The van der Waals surface area contributed by atoms with Crippen LogP contribution in [0.4, 0.5) is 5.69 Å². The van der Waals surface area contributed by atoms with Gasteiger partial charge in [-0.3, -0.25) is 4.79 Å². The van der Waals surface area contributed by atoms with Crippen molar-refractivity contribution in [2.24, 2.45) is 11.8 Å². The molecule has 0 radical (unpaired) electrons. The number of benzene rings is 1. The summed E-state index contributed by atoms with van der Waals surface area (Å²) >= 11 is 0. The highest BCUT2D eigenvalue weighted by Gasteiger charge is 2.27. The second-order valence-corrected chi connectivity index (χ2v) is 4.85. The quantitative estimate of drug-likeness (QED) is 0.819. The van der Waals surface area contributed by atoms with Crippen LogP contribution in [0.2, 0.25) is 0 Å². The summed E-state index contributed by atoms with van der Waals surface area (Å²) in [6.45, 7) is 3.00. The summed E-state index contributed by atoms with van der Waals surface area (Å²) in [5.74, 6) is 1.47. The van der Waals surface area contributed by atoms with Crippen LogP contribution in [0.1, 0.15) is 30.1 Å². The second-order valence-electron chi connectivity index (χ2n) is 4.85. The van der Waals surface area contributed by atoms with Gasteiger partial charge < -0.3 is 10.6 Å². The minimum atomic E-state index is 0.0279. The molecule has 1 amide bonds. The van der Waals surface area contributed by atoms with Crippen molar-refractivity contribution < 1.29 is 4.79 Å². The lowest BCUT2D eigenvalue weighted by Gasteiger charge is -2.11. The number of rotatable bonds is 5. The third-order valence-corrected chi connectivity index (χ3v) is 3.45. The van der Waals surface area contributed by atoms with E-state index in [2.05, 4.69) is 17.6 Å². The Hall–Kier alpha value is -1.51. The Morgan fingerprint density at radius 1 is 1.35 bits per heavy atom. The predicted octanol–water partition coefficient (Wildman–Crippen LogP) is 2.50. The van der Waals surface area contributed by atoms with E-state index in [1.54, 1.807) is 0 Å². The lowest BCUT2D eigenvalue weighted by Crippen LogP contribution is -2.28. The van der Waals surface area contributed by atoms with Gasteiger partial charge >= 0.3 is 0 Å². The second kappa shape index (κ2) is 5.21. The third kappa shape index (κ3) is 3.22. The van der Waals surface area contributed by atoms with Crippen molar-refractivity contribution in [2.75, 3.05) is 18.9 Å². The fraction of sp³-hybridized carbons (Fsp3) is 0.500. The lowest BCUT2D eigenvalue weighted by molar-refractivity contribution is 0.0946. The fourth-order valence-electron chi connectivity index (χ4n) is 1.98. The smallest absolute Gasteiger partial charge is 0.251 e. The van der Waals surface area contributed by atoms with Crippen molar-refractivity contribution in [3.63, 3.8) is 0 Å². The van der Waals surface area contributed by atoms with Crippen LogP contribution in [-0.4, -0.2) is 19.5 Å². The molecule has 0 heterocycles. The number of anilines is 1. The van der Waals surface area contributed by atoms with Crippen LogP contribution >= 0.6 is 0 Å². The van der Waals surface area contributed by atoms with E-state index in [1.165, 1.54) is 12.8 Å². The van der Waals surface area contributed by atoms with Crippen molar-refractivity contribution in [3.05, 3.63) is 29.8 Å². The Balaban J connectivity index is 1.85. The number of carbonyl (C=O) groups excluding carboxylic acids is 1. The number of hydrogen-bond acceptors (Lipinski definition) is 2. The molecule has 2 rings (SSSR count). The molecule has 1 aliphatic rings. The Labute approximate surface area is 103 Å². The summed E-state index contributed by atoms with van der Waals surface area (Å²) in [6.07, 6.45) is 2.65. The summed E-state index contributed by atoms with van der Waals surface area (Å²) < 4.78 is 0. The molecule has 92 valence electrons. The molecule has 1 unspecified atom stereocenters. The van der Waals surface area contributed by atoms with E-state index in [1.807, 2.05) is 31.3 Å². The van der Waals surface area contributed by atoms with Crippen LogP contribution < -0.4 is 10.6 Å². The van der Waals surface area contributed by atoms with E-state index in [9.17, 15) is 4.79 Å². The van der Waals surface area contributed by atoms with Crippen molar-refractivity contribution in [1.82, 2.24) is 5.32 Å². The zero-order valence-corrected chi connectivity index (χ0v) is 10.5. The van der Waals surface area contributed by atoms with Gasteiger partial charge in [0.1, 0.15) is 0 Å². The van der Waals surface area contributed by atoms with Crippen molar-refractivity contribution >= 4 is 11.6 Å². The molecule has 1 atom stereocenters. The molecule has 1 fully saturated rings. The number of hydrogen-bond donors (Lipinski definition) is 2. The number of carbonyl (C=O) groups is 1. The van der Waals surface area contributed by atoms with Gasteiger partial charge in [0.15, 0.2) is 0 Å². The normalized spacial score (nSPS) is 16.4. The molecule has 0 saturated heterocycles. The summed E-state index contributed by atoms with van der Waals surface area (Å²) in [5.41, 5.74) is 1.75. The molecule has 0 aromatic heterocycles. The standard InChI is InChI=1S/C14H20N2O/c1-10(11-3-4-11)9-16-14(17)12-5-7-13(15-2)8-6-12/h5-8,10-11,15H,3-4,9H2,1-2H3,(H,16,17). The number of nitrogens with one attached hydrogen (secondary N) is 2. The van der Waals surface area contributed by atoms with Crippen molar-refractivity contribution in [2.45, 2.75) is 19.8 Å². The highest BCUT2D eigenvalue weighted by Crippen LogP contribution is 2.36. The van der Waals surface area contributed by atoms with Gasteiger partial charge in [0.25, 0.3) is 5.91 Å². The first-order valence-corrected chi connectivity index (χ1v) is 6.26. The molecule has 0 spiro atoms. The largest absolute Gasteiger partial charge is 0.388 e. The van der Waals surface area contributed by atoms with Crippen LogP contribution in [0.3, 0.4) is 0 Å². The summed E-state index contributed by atoms with van der Waals surface area (Å²) in [5, 5.41) is 6.03. The Kier molecular flexibility index (Phi) is 3.67. The summed E-state index contributed by atoms with van der Waals surface area (Å²) in [6, 6.07) is 7.53. The highest BCUT2D eigenvalue weighted by molar-refractivity contribution is 5.94. The topological polar surface area (TPSA) is 41.1 Å². The first-order valence-electron chi connectivity index (χ1n) is 6.26. The zero-order valence-electron chi connectivity index (χ0n) is 10.5. The van der Waals surface area contributed by atoms with E-state index in [0.29, 0.717) is 5.92 Å². The highest BCUT2D eigenvalue weighted by atomic mass is 16.1. The van der Waals surface area contributed by atoms with Crippen LogP contribution in [0.5, 0.6) is 0 Å². The Morgan fingerprint density at radius 2 is 2.00 bits per heavy atom. The van der Waals surface area contributed by atoms with Crippen LogP contribution in [0.15, 0.2) is 24.3 Å². The van der Waals surface area contributed by atoms with Gasteiger partial charge in [0, 0.05) is 24.8 Å². The molecular weight excluding hydrogens is 212 g/mol. The molecule has 1 aromatic carbocycles. The van der Waals surface area contributed by atoms with Gasteiger partial charge in [0.2, 0.25) is 0 Å². The number of amides is 1. The van der Waals surface area contributed by atoms with E-state index >= 15 is 0 Å². The lowest BCUT2D eigenvalue weighted by atomic mass is 10.1. The molecule has 1 aliphatic carbocycles. The maximum absolute atomic E-state index is 11.9. The minimum absolute atomic E-state index is 0.0279. The van der Waals surface area contributed by atoms with Gasteiger partial charge in [-0.2, -0.15) is 0 Å².